The number of rotatable bonds is 2. The van der Waals surface area contributed by atoms with Crippen molar-refractivity contribution >= 4 is 21.6 Å². The second-order valence-electron chi connectivity index (χ2n) is 6.08. The van der Waals surface area contributed by atoms with Crippen molar-refractivity contribution in [1.82, 2.24) is 9.46 Å². The number of carbonyl (C=O) groups is 1. The third-order valence-corrected chi connectivity index (χ3v) is 6.34. The molecule has 1 N–H and O–H groups in total. The molecule has 2 aliphatic heterocycles. The van der Waals surface area contributed by atoms with Gasteiger partial charge in [0, 0.05) is 37.2 Å². The van der Waals surface area contributed by atoms with Gasteiger partial charge in [-0.25, -0.2) is 8.42 Å². The van der Waals surface area contributed by atoms with Gasteiger partial charge >= 0.3 is 0 Å². The van der Waals surface area contributed by atoms with Gasteiger partial charge in [-0.3, -0.25) is 4.79 Å². The molecule has 2 aromatic rings. The number of nitrogens with one attached hydrogen (secondary N) is 1. The van der Waals surface area contributed by atoms with Crippen LogP contribution in [0, 0.1) is 0 Å². The molecule has 0 radical (unpaired) electrons. The van der Waals surface area contributed by atoms with E-state index in [1.54, 1.807) is 24.4 Å². The van der Waals surface area contributed by atoms with Gasteiger partial charge in [-0.15, -0.1) is 0 Å². The van der Waals surface area contributed by atoms with E-state index in [2.05, 4.69) is 10.5 Å². The SMILES string of the molecule is O=C1CCCc2cc(S(=O)(=O)N3CCc4oncc4C3)ccc2N1. The summed E-state index contributed by atoms with van der Waals surface area (Å²) in [5, 5.41) is 6.55. The maximum atomic E-state index is 12.9. The summed E-state index contributed by atoms with van der Waals surface area (Å²) >= 11 is 0. The summed E-state index contributed by atoms with van der Waals surface area (Å²) in [5.41, 5.74) is 2.38. The zero-order valence-corrected chi connectivity index (χ0v) is 13.8. The minimum absolute atomic E-state index is 0.0274. The lowest BCUT2D eigenvalue weighted by Crippen LogP contribution is -2.35. The molecule has 0 aliphatic carbocycles. The summed E-state index contributed by atoms with van der Waals surface area (Å²) in [6, 6.07) is 4.92. The molecule has 0 bridgehead atoms. The quantitative estimate of drug-likeness (QED) is 0.892. The van der Waals surface area contributed by atoms with Crippen molar-refractivity contribution in [3.63, 3.8) is 0 Å². The molecule has 0 fully saturated rings. The Morgan fingerprint density at radius 1 is 1.17 bits per heavy atom. The Bertz CT molecular complexity index is 904. The maximum absolute atomic E-state index is 12.9. The van der Waals surface area contributed by atoms with Crippen molar-refractivity contribution in [3.05, 3.63) is 41.3 Å². The van der Waals surface area contributed by atoms with E-state index < -0.39 is 10.0 Å². The number of hydrogen-bond donors (Lipinski definition) is 1. The second-order valence-corrected chi connectivity index (χ2v) is 8.02. The van der Waals surface area contributed by atoms with Crippen LogP contribution in [0.1, 0.15) is 29.7 Å². The van der Waals surface area contributed by atoms with Crippen molar-refractivity contribution < 1.29 is 17.7 Å². The monoisotopic (exact) mass is 347 g/mol. The van der Waals surface area contributed by atoms with Crippen LogP contribution in [0.2, 0.25) is 0 Å². The van der Waals surface area contributed by atoms with E-state index in [1.165, 1.54) is 4.31 Å². The Morgan fingerprint density at radius 3 is 2.92 bits per heavy atom. The smallest absolute Gasteiger partial charge is 0.243 e. The summed E-state index contributed by atoms with van der Waals surface area (Å²) in [7, 11) is -3.59. The van der Waals surface area contributed by atoms with Gasteiger partial charge in [0.25, 0.3) is 0 Å². The number of fused-ring (bicyclic) bond motifs is 2. The summed E-state index contributed by atoms with van der Waals surface area (Å²) < 4.78 is 32.4. The molecule has 4 rings (SSSR count). The van der Waals surface area contributed by atoms with Crippen LogP contribution in [0.4, 0.5) is 5.69 Å². The first-order valence-electron chi connectivity index (χ1n) is 7.89. The lowest BCUT2D eigenvalue weighted by atomic mass is 10.1. The predicted octanol–water partition coefficient (Wildman–Crippen LogP) is 1.70. The van der Waals surface area contributed by atoms with E-state index in [1.807, 2.05) is 0 Å². The minimum Gasteiger partial charge on any atom is -0.361 e. The standard InChI is InChI=1S/C16H17N3O4S/c20-16-3-1-2-11-8-13(4-5-14(11)18-16)24(21,22)19-7-6-15-12(10-19)9-17-23-15/h4-5,8-9H,1-3,6-7,10H2,(H,18,20). The van der Waals surface area contributed by atoms with Gasteiger partial charge in [0.15, 0.2) is 0 Å². The first-order valence-corrected chi connectivity index (χ1v) is 9.33. The van der Waals surface area contributed by atoms with Crippen LogP contribution in [0.3, 0.4) is 0 Å². The number of anilines is 1. The molecule has 126 valence electrons. The number of hydrogen-bond acceptors (Lipinski definition) is 5. The minimum atomic E-state index is -3.59. The van der Waals surface area contributed by atoms with Crippen LogP contribution in [0.25, 0.3) is 0 Å². The van der Waals surface area contributed by atoms with E-state index >= 15 is 0 Å². The van der Waals surface area contributed by atoms with Gasteiger partial charge in [-0.2, -0.15) is 4.31 Å². The average Bonchev–Trinajstić information content (AvgIpc) is 2.95. The number of amides is 1. The summed E-state index contributed by atoms with van der Waals surface area (Å²) in [6.07, 6.45) is 3.96. The van der Waals surface area contributed by atoms with Crippen LogP contribution < -0.4 is 5.32 Å². The number of aryl methyl sites for hydroxylation is 1. The summed E-state index contributed by atoms with van der Waals surface area (Å²) in [5.74, 6) is 0.728. The molecular weight excluding hydrogens is 330 g/mol. The molecule has 0 saturated carbocycles. The van der Waals surface area contributed by atoms with Gasteiger partial charge in [-0.1, -0.05) is 5.16 Å². The van der Waals surface area contributed by atoms with E-state index in [4.69, 9.17) is 4.52 Å². The Kier molecular flexibility index (Phi) is 3.65. The van der Waals surface area contributed by atoms with Crippen molar-refractivity contribution in [2.24, 2.45) is 0 Å². The van der Waals surface area contributed by atoms with Crippen LogP contribution in [-0.2, 0) is 34.2 Å². The van der Waals surface area contributed by atoms with Gasteiger partial charge < -0.3 is 9.84 Å². The molecule has 3 heterocycles. The molecule has 0 saturated heterocycles. The molecule has 7 nitrogen and oxygen atoms in total. The second kappa shape index (κ2) is 5.71. The van der Waals surface area contributed by atoms with Crippen molar-refractivity contribution in [2.45, 2.75) is 37.1 Å². The zero-order valence-electron chi connectivity index (χ0n) is 13.0. The largest absolute Gasteiger partial charge is 0.361 e. The fraction of sp³-hybridized carbons (Fsp3) is 0.375. The normalized spacial score (nSPS) is 18.4. The van der Waals surface area contributed by atoms with E-state index in [0.717, 1.165) is 23.3 Å². The molecule has 1 aromatic carbocycles. The Labute approximate surface area is 139 Å². The highest BCUT2D eigenvalue weighted by atomic mass is 32.2. The molecule has 2 aliphatic rings. The lowest BCUT2D eigenvalue weighted by Gasteiger charge is -2.25. The van der Waals surface area contributed by atoms with Crippen LogP contribution in [0.5, 0.6) is 0 Å². The van der Waals surface area contributed by atoms with E-state index in [9.17, 15) is 13.2 Å². The fourth-order valence-electron chi connectivity index (χ4n) is 3.18. The van der Waals surface area contributed by atoms with Gasteiger partial charge in [0.05, 0.1) is 11.1 Å². The summed E-state index contributed by atoms with van der Waals surface area (Å²) in [6.45, 7) is 0.646. The third kappa shape index (κ3) is 2.61. The number of carbonyl (C=O) groups excluding carboxylic acids is 1. The molecule has 8 heteroatoms. The van der Waals surface area contributed by atoms with Crippen molar-refractivity contribution in [2.75, 3.05) is 11.9 Å². The third-order valence-electron chi connectivity index (χ3n) is 4.50. The first-order chi connectivity index (χ1) is 11.5. The molecular formula is C16H17N3O4S. The fourth-order valence-corrected chi connectivity index (χ4v) is 4.65. The zero-order chi connectivity index (χ0) is 16.7. The van der Waals surface area contributed by atoms with Gasteiger partial charge in [0.1, 0.15) is 5.76 Å². The first kappa shape index (κ1) is 15.3. The molecule has 1 amide bonds. The van der Waals surface area contributed by atoms with Crippen molar-refractivity contribution in [1.29, 1.82) is 0 Å². The van der Waals surface area contributed by atoms with E-state index in [0.29, 0.717) is 31.5 Å². The number of sulfonamides is 1. The molecule has 24 heavy (non-hydrogen) atoms. The highest BCUT2D eigenvalue weighted by Crippen LogP contribution is 2.29. The molecule has 0 unspecified atom stereocenters. The Morgan fingerprint density at radius 2 is 2.04 bits per heavy atom. The lowest BCUT2D eigenvalue weighted by molar-refractivity contribution is -0.116. The number of benzene rings is 1. The Balaban J connectivity index is 1.66. The van der Waals surface area contributed by atoms with Gasteiger partial charge in [0.2, 0.25) is 15.9 Å². The van der Waals surface area contributed by atoms with Crippen LogP contribution in [0.15, 0.2) is 33.8 Å². The number of nitrogens with zero attached hydrogens (tertiary/aromatic N) is 2. The van der Waals surface area contributed by atoms with Crippen LogP contribution >= 0.6 is 0 Å². The van der Waals surface area contributed by atoms with Crippen LogP contribution in [-0.4, -0.2) is 30.3 Å². The van der Waals surface area contributed by atoms with Gasteiger partial charge in [-0.05, 0) is 36.6 Å². The molecule has 1 aromatic heterocycles. The summed E-state index contributed by atoms with van der Waals surface area (Å²) in [4.78, 5) is 11.9. The highest BCUT2D eigenvalue weighted by molar-refractivity contribution is 7.89. The van der Waals surface area contributed by atoms with E-state index in [-0.39, 0.29) is 17.3 Å². The molecule has 0 atom stereocenters. The average molecular weight is 347 g/mol. The number of aromatic nitrogens is 1. The van der Waals surface area contributed by atoms with Crippen molar-refractivity contribution in [3.8, 4) is 0 Å². The topological polar surface area (TPSA) is 92.5 Å². The Hall–Kier alpha value is -2.19. The highest BCUT2D eigenvalue weighted by Gasteiger charge is 2.30. The predicted molar refractivity (Wildman–Crippen MR) is 85.8 cm³/mol. The molecule has 0 spiro atoms. The maximum Gasteiger partial charge on any atom is 0.243 e.